The molecule has 1 aliphatic carbocycles. The average molecular weight is 569 g/mol. The molecule has 2 aliphatic heterocycles. The minimum Gasteiger partial charge on any atom is -0.494 e. The number of hydrogen-bond donors (Lipinski definition) is 3. The van der Waals surface area contributed by atoms with Crippen LogP contribution in [0.15, 0.2) is 18.2 Å². The van der Waals surface area contributed by atoms with Gasteiger partial charge in [0, 0.05) is 19.4 Å². The summed E-state index contributed by atoms with van der Waals surface area (Å²) in [5.74, 6) is -2.20. The van der Waals surface area contributed by atoms with Crippen LogP contribution in [0.4, 0.5) is 0 Å². The predicted octanol–water partition coefficient (Wildman–Crippen LogP) is 2.69. The summed E-state index contributed by atoms with van der Waals surface area (Å²) in [6.45, 7) is 2.58. The van der Waals surface area contributed by atoms with E-state index < -0.39 is 35.7 Å². The third-order valence-electron chi connectivity index (χ3n) is 8.62. The number of ether oxygens (including phenoxy) is 1. The molecule has 1 fully saturated rings. The van der Waals surface area contributed by atoms with Crippen LogP contribution in [0, 0.1) is 5.92 Å². The Kier molecular flexibility index (Phi) is 10.8. The highest BCUT2D eigenvalue weighted by Crippen LogP contribution is 2.32. The molecule has 0 radical (unpaired) electrons. The van der Waals surface area contributed by atoms with E-state index in [-0.39, 0.29) is 37.1 Å². The van der Waals surface area contributed by atoms with Crippen LogP contribution in [0.3, 0.4) is 0 Å². The third-order valence-corrected chi connectivity index (χ3v) is 8.62. The molecule has 0 spiro atoms. The zero-order valence-corrected chi connectivity index (χ0v) is 24.1. The number of hydrogen-bond acceptors (Lipinski definition) is 6. The van der Waals surface area contributed by atoms with E-state index in [1.807, 2.05) is 25.1 Å². The summed E-state index contributed by atoms with van der Waals surface area (Å²) >= 11 is 0. The molecular weight excluding hydrogens is 524 g/mol. The fourth-order valence-corrected chi connectivity index (χ4v) is 6.32. The van der Waals surface area contributed by atoms with Crippen LogP contribution in [0.2, 0.25) is 0 Å². The van der Waals surface area contributed by atoms with Crippen LogP contribution in [0.1, 0.15) is 95.1 Å². The highest BCUT2D eigenvalue weighted by Gasteiger charge is 2.42. The first-order valence-electron chi connectivity index (χ1n) is 15.3. The van der Waals surface area contributed by atoms with E-state index in [9.17, 15) is 24.0 Å². The summed E-state index contributed by atoms with van der Waals surface area (Å²) in [6.07, 6.45) is 9.64. The number of amides is 4. The van der Waals surface area contributed by atoms with Crippen LogP contribution in [-0.2, 0) is 36.9 Å². The van der Waals surface area contributed by atoms with Gasteiger partial charge < -0.3 is 26.0 Å². The second kappa shape index (κ2) is 14.5. The van der Waals surface area contributed by atoms with Crippen LogP contribution in [0.25, 0.3) is 0 Å². The first-order valence-corrected chi connectivity index (χ1v) is 15.3. The quantitative estimate of drug-likeness (QED) is 0.431. The largest absolute Gasteiger partial charge is 0.494 e. The maximum absolute atomic E-state index is 14.4. The monoisotopic (exact) mass is 568 g/mol. The minimum atomic E-state index is -1.11. The lowest BCUT2D eigenvalue weighted by molar-refractivity contribution is -0.147. The fraction of sp³-hybridized carbons (Fsp3) is 0.645. The van der Waals surface area contributed by atoms with Crippen LogP contribution >= 0.6 is 0 Å². The fourth-order valence-electron chi connectivity index (χ4n) is 6.32. The molecule has 2 heterocycles. The van der Waals surface area contributed by atoms with Crippen molar-refractivity contribution in [2.75, 3.05) is 6.61 Å². The van der Waals surface area contributed by atoms with Gasteiger partial charge in [-0.1, -0.05) is 51.5 Å². The lowest BCUT2D eigenvalue weighted by Gasteiger charge is -2.40. The Morgan fingerprint density at radius 2 is 1.78 bits per heavy atom. The average Bonchev–Trinajstić information content (AvgIpc) is 2.97. The summed E-state index contributed by atoms with van der Waals surface area (Å²) in [6, 6.07) is 3.04. The maximum Gasteiger partial charge on any atom is 0.287 e. The molecule has 4 rings (SSSR count). The molecular formula is C31H44N4O6. The van der Waals surface area contributed by atoms with Crippen molar-refractivity contribution in [3.05, 3.63) is 29.3 Å². The highest BCUT2D eigenvalue weighted by molar-refractivity contribution is 6.37. The SMILES string of the molecule is CCCC(NC(=O)[C@H]1Cc2ccc3cc2CN1C(=O)[C@H](C1CCCCC1)NC(=O)CCCCCCO3)C(=O)C(N)=O. The van der Waals surface area contributed by atoms with Crippen molar-refractivity contribution in [1.29, 1.82) is 0 Å². The second-order valence-electron chi connectivity index (χ2n) is 11.7. The van der Waals surface area contributed by atoms with E-state index in [0.717, 1.165) is 74.7 Å². The molecule has 3 bridgehead atoms. The van der Waals surface area contributed by atoms with E-state index in [2.05, 4.69) is 10.6 Å². The third kappa shape index (κ3) is 7.86. The molecule has 3 atom stereocenters. The molecule has 224 valence electrons. The molecule has 0 saturated heterocycles. The van der Waals surface area contributed by atoms with E-state index in [1.54, 1.807) is 4.90 Å². The number of rotatable bonds is 7. The van der Waals surface area contributed by atoms with Gasteiger partial charge in [-0.25, -0.2) is 0 Å². The van der Waals surface area contributed by atoms with Crippen molar-refractivity contribution in [2.24, 2.45) is 11.7 Å². The minimum absolute atomic E-state index is 0.0110. The van der Waals surface area contributed by atoms with E-state index in [1.165, 1.54) is 0 Å². The predicted molar refractivity (Wildman–Crippen MR) is 153 cm³/mol. The Morgan fingerprint density at radius 3 is 2.51 bits per heavy atom. The lowest BCUT2D eigenvalue weighted by Crippen LogP contribution is -2.61. The number of nitrogens with zero attached hydrogens (tertiary/aromatic N) is 1. The molecule has 1 saturated carbocycles. The standard InChI is InChI=1S/C31H44N4O6/c1-2-10-24(28(37)29(32)38)33-30(39)25-18-21-14-15-23-17-22(21)19-35(25)31(40)27(20-11-6-5-7-12-20)34-26(36)13-8-3-4-9-16-41-23/h14-15,17,20,24-25,27H,2-13,16,18-19H2,1H3,(H2,32,38)(H,33,39)(H,34,36)/t24?,25-,27+/m1/s1. The molecule has 1 aromatic carbocycles. The number of nitrogens with one attached hydrogen (secondary N) is 2. The summed E-state index contributed by atoms with van der Waals surface area (Å²) in [7, 11) is 0. The van der Waals surface area contributed by atoms with Gasteiger partial charge >= 0.3 is 0 Å². The summed E-state index contributed by atoms with van der Waals surface area (Å²) in [5.41, 5.74) is 7.05. The van der Waals surface area contributed by atoms with Crippen LogP contribution < -0.4 is 21.1 Å². The van der Waals surface area contributed by atoms with Gasteiger partial charge in [0.2, 0.25) is 23.5 Å². The zero-order valence-electron chi connectivity index (χ0n) is 24.1. The van der Waals surface area contributed by atoms with Gasteiger partial charge in [-0.05, 0) is 61.3 Å². The lowest BCUT2D eigenvalue weighted by atomic mass is 9.82. The van der Waals surface area contributed by atoms with Crippen molar-refractivity contribution in [3.8, 4) is 5.75 Å². The molecule has 10 nitrogen and oxygen atoms in total. The van der Waals surface area contributed by atoms with Gasteiger partial charge in [0.15, 0.2) is 0 Å². The summed E-state index contributed by atoms with van der Waals surface area (Å²) < 4.78 is 5.99. The van der Waals surface area contributed by atoms with Gasteiger partial charge in [-0.3, -0.25) is 24.0 Å². The molecule has 3 aliphatic rings. The van der Waals surface area contributed by atoms with Gasteiger partial charge in [-0.2, -0.15) is 0 Å². The van der Waals surface area contributed by atoms with E-state index >= 15 is 0 Å². The molecule has 1 unspecified atom stereocenters. The molecule has 4 amide bonds. The number of nitrogens with two attached hydrogens (primary N) is 1. The van der Waals surface area contributed by atoms with Gasteiger partial charge in [0.25, 0.3) is 5.91 Å². The number of carbonyl (C=O) groups excluding carboxylic acids is 5. The Morgan fingerprint density at radius 1 is 1.05 bits per heavy atom. The van der Waals surface area contributed by atoms with Crippen molar-refractivity contribution in [3.63, 3.8) is 0 Å². The number of ketones is 1. The van der Waals surface area contributed by atoms with E-state index in [0.29, 0.717) is 19.4 Å². The second-order valence-corrected chi connectivity index (χ2v) is 11.7. The van der Waals surface area contributed by atoms with Crippen molar-refractivity contribution >= 4 is 29.4 Å². The molecule has 0 aromatic heterocycles. The zero-order chi connectivity index (χ0) is 29.4. The first-order chi connectivity index (χ1) is 19.8. The number of benzene rings is 1. The number of Topliss-reactive ketones (excluding diaryl/α,β-unsaturated/α-hetero) is 1. The smallest absolute Gasteiger partial charge is 0.287 e. The summed E-state index contributed by atoms with van der Waals surface area (Å²) in [5, 5.41) is 5.78. The van der Waals surface area contributed by atoms with Crippen LogP contribution in [0.5, 0.6) is 5.75 Å². The molecule has 4 N–H and O–H groups in total. The molecule has 10 heteroatoms. The van der Waals surface area contributed by atoms with Gasteiger partial charge in [0.05, 0.1) is 12.6 Å². The van der Waals surface area contributed by atoms with Crippen molar-refractivity contribution in [1.82, 2.24) is 15.5 Å². The van der Waals surface area contributed by atoms with Gasteiger partial charge in [0.1, 0.15) is 17.8 Å². The Bertz CT molecular complexity index is 1130. The van der Waals surface area contributed by atoms with Gasteiger partial charge in [-0.15, -0.1) is 0 Å². The number of primary amides is 1. The van der Waals surface area contributed by atoms with E-state index in [4.69, 9.17) is 10.5 Å². The Balaban J connectivity index is 1.69. The normalized spacial score (nSPS) is 23.3. The first kappa shape index (κ1) is 30.5. The molecule has 1 aromatic rings. The maximum atomic E-state index is 14.4. The van der Waals surface area contributed by atoms with Crippen molar-refractivity contribution in [2.45, 2.75) is 115 Å². The molecule has 41 heavy (non-hydrogen) atoms. The number of carbonyl (C=O) groups is 5. The number of fused-ring (bicyclic) bond motifs is 2. The Hall–Kier alpha value is -3.43. The Labute approximate surface area is 242 Å². The summed E-state index contributed by atoms with van der Waals surface area (Å²) in [4.78, 5) is 66.8. The topological polar surface area (TPSA) is 148 Å². The van der Waals surface area contributed by atoms with Crippen molar-refractivity contribution < 1.29 is 28.7 Å². The van der Waals surface area contributed by atoms with Crippen LogP contribution in [-0.4, -0.2) is 59.0 Å². The highest BCUT2D eigenvalue weighted by atomic mass is 16.5.